The van der Waals surface area contributed by atoms with Gasteiger partial charge in [0.05, 0.1) is 0 Å². The summed E-state index contributed by atoms with van der Waals surface area (Å²) in [6.45, 7) is 0.350. The van der Waals surface area contributed by atoms with Crippen LogP contribution in [0.4, 0.5) is 0 Å². The summed E-state index contributed by atoms with van der Waals surface area (Å²) in [6, 6.07) is 0. The minimum absolute atomic E-state index is 0. The lowest BCUT2D eigenvalue weighted by molar-refractivity contribution is -0.116. The highest BCUT2D eigenvalue weighted by Gasteiger charge is 2.25. The molecule has 0 saturated carbocycles. The number of nitrogens with zero attached hydrogens (tertiary/aromatic N) is 3. The highest BCUT2D eigenvalue weighted by molar-refractivity contribution is 7.09. The number of halogens is 1. The molecular formula is C12H12ClN3OS. The van der Waals surface area contributed by atoms with Crippen LogP contribution in [-0.2, 0) is 17.6 Å². The van der Waals surface area contributed by atoms with Gasteiger partial charge in [0.2, 0.25) is 5.96 Å². The maximum absolute atomic E-state index is 11.3. The van der Waals surface area contributed by atoms with Gasteiger partial charge in [0.25, 0.3) is 5.91 Å². The number of carbonyl (C=O) groups is 1. The van der Waals surface area contributed by atoms with E-state index in [4.69, 9.17) is 0 Å². The number of carbonyl (C=O) groups excluding carboxylic acids is 1. The SMILES string of the molecule is Cl.O=C1CN2C=c3c4c(sc3=NC2=N1)CCCC4. The van der Waals surface area contributed by atoms with Gasteiger partial charge >= 0.3 is 0 Å². The molecule has 1 amide bonds. The number of hydrogen-bond donors (Lipinski definition) is 0. The molecule has 0 spiro atoms. The normalized spacial score (nSPS) is 19.9. The molecule has 3 heterocycles. The molecule has 0 unspecified atom stereocenters. The maximum Gasteiger partial charge on any atom is 0.268 e. The molecule has 0 radical (unpaired) electrons. The third kappa shape index (κ3) is 1.61. The number of guanidine groups is 1. The van der Waals surface area contributed by atoms with E-state index in [1.807, 2.05) is 4.90 Å². The number of fused-ring (bicyclic) bond motifs is 4. The third-order valence-electron chi connectivity index (χ3n) is 3.47. The lowest BCUT2D eigenvalue weighted by atomic mass is 9.98. The van der Waals surface area contributed by atoms with Gasteiger partial charge in [-0.1, -0.05) is 0 Å². The van der Waals surface area contributed by atoms with E-state index in [1.54, 1.807) is 11.3 Å². The summed E-state index contributed by atoms with van der Waals surface area (Å²) in [5, 5.41) is 1.23. The molecule has 1 aliphatic carbocycles. The second-order valence-electron chi connectivity index (χ2n) is 4.60. The zero-order valence-electron chi connectivity index (χ0n) is 9.68. The summed E-state index contributed by atoms with van der Waals surface area (Å²) in [7, 11) is 0. The fourth-order valence-corrected chi connectivity index (χ4v) is 3.89. The van der Waals surface area contributed by atoms with E-state index in [0.717, 1.165) is 11.1 Å². The largest absolute Gasteiger partial charge is 0.307 e. The lowest BCUT2D eigenvalue weighted by Crippen LogP contribution is -2.36. The van der Waals surface area contributed by atoms with Crippen LogP contribution in [0.3, 0.4) is 0 Å². The predicted octanol–water partition coefficient (Wildman–Crippen LogP) is 0.618. The molecule has 2 aliphatic heterocycles. The van der Waals surface area contributed by atoms with Gasteiger partial charge in [-0.15, -0.1) is 23.7 Å². The topological polar surface area (TPSA) is 45.0 Å². The van der Waals surface area contributed by atoms with Gasteiger partial charge in [0.15, 0.2) is 0 Å². The van der Waals surface area contributed by atoms with Crippen molar-refractivity contribution in [3.05, 3.63) is 20.3 Å². The first-order valence-electron chi connectivity index (χ1n) is 5.90. The van der Waals surface area contributed by atoms with E-state index in [1.165, 1.54) is 34.9 Å². The van der Waals surface area contributed by atoms with Crippen LogP contribution in [0, 0.1) is 0 Å². The molecule has 0 atom stereocenters. The summed E-state index contributed by atoms with van der Waals surface area (Å²) in [5.41, 5.74) is 1.46. The van der Waals surface area contributed by atoms with Crippen LogP contribution in [0.25, 0.3) is 6.20 Å². The molecule has 0 aromatic carbocycles. The van der Waals surface area contributed by atoms with Crippen LogP contribution < -0.4 is 9.89 Å². The second kappa shape index (κ2) is 4.17. The molecule has 4 rings (SSSR count). The fraction of sp³-hybridized carbons (Fsp3) is 0.417. The Morgan fingerprint density at radius 3 is 2.94 bits per heavy atom. The molecule has 0 N–H and O–H groups in total. The fourth-order valence-electron chi connectivity index (χ4n) is 2.66. The summed E-state index contributed by atoms with van der Waals surface area (Å²) >= 11 is 1.77. The Morgan fingerprint density at radius 2 is 2.06 bits per heavy atom. The molecule has 1 aromatic heterocycles. The summed E-state index contributed by atoms with van der Waals surface area (Å²) in [5.74, 6) is 0.477. The van der Waals surface area contributed by atoms with Crippen molar-refractivity contribution < 1.29 is 4.79 Å². The number of aryl methyl sites for hydroxylation is 1. The number of thiophene rings is 1. The first-order chi connectivity index (χ1) is 8.31. The van der Waals surface area contributed by atoms with E-state index in [0.29, 0.717) is 12.5 Å². The summed E-state index contributed by atoms with van der Waals surface area (Å²) < 4.78 is 1.04. The van der Waals surface area contributed by atoms with Crippen LogP contribution >= 0.6 is 23.7 Å². The van der Waals surface area contributed by atoms with Crippen molar-refractivity contribution in [3.8, 4) is 0 Å². The summed E-state index contributed by atoms with van der Waals surface area (Å²) in [4.78, 5) is 23.0. The minimum Gasteiger partial charge on any atom is -0.307 e. The monoisotopic (exact) mass is 281 g/mol. The standard InChI is InChI=1S/C12H11N3OS.ClH/c16-10-6-15-5-8-7-3-1-2-4-9(7)17-11(8)14-12(15)13-10;/h5H,1-4,6H2;1H. The molecule has 6 heteroatoms. The number of rotatable bonds is 0. The van der Waals surface area contributed by atoms with Gasteiger partial charge in [0.1, 0.15) is 11.2 Å². The average Bonchev–Trinajstić information content (AvgIpc) is 2.84. The van der Waals surface area contributed by atoms with Crippen LogP contribution in [0.5, 0.6) is 0 Å². The first-order valence-corrected chi connectivity index (χ1v) is 6.72. The number of hydrogen-bond acceptors (Lipinski definition) is 4. The number of aliphatic imine (C=N–C) groups is 1. The molecule has 18 heavy (non-hydrogen) atoms. The third-order valence-corrected chi connectivity index (χ3v) is 4.67. The molecule has 4 nitrogen and oxygen atoms in total. The van der Waals surface area contributed by atoms with Crippen molar-refractivity contribution in [3.63, 3.8) is 0 Å². The van der Waals surface area contributed by atoms with Gasteiger partial charge in [-0.3, -0.25) is 4.79 Å². The Bertz CT molecular complexity index is 676. The number of amides is 1. The average molecular weight is 282 g/mol. The van der Waals surface area contributed by atoms with Crippen molar-refractivity contribution in [2.24, 2.45) is 9.98 Å². The van der Waals surface area contributed by atoms with Gasteiger partial charge in [0, 0.05) is 16.3 Å². The van der Waals surface area contributed by atoms with Crippen LogP contribution in [0.2, 0.25) is 0 Å². The van der Waals surface area contributed by atoms with Crippen molar-refractivity contribution in [1.82, 2.24) is 4.90 Å². The van der Waals surface area contributed by atoms with Crippen molar-refractivity contribution in [2.45, 2.75) is 25.7 Å². The highest BCUT2D eigenvalue weighted by atomic mass is 35.5. The first kappa shape index (κ1) is 11.9. The predicted molar refractivity (Wildman–Crippen MR) is 72.6 cm³/mol. The second-order valence-corrected chi connectivity index (χ2v) is 5.69. The van der Waals surface area contributed by atoms with Gasteiger partial charge in [-0.05, 0) is 31.2 Å². The van der Waals surface area contributed by atoms with Crippen molar-refractivity contribution >= 4 is 41.8 Å². The summed E-state index contributed by atoms with van der Waals surface area (Å²) in [6.07, 6.45) is 6.95. The Kier molecular flexibility index (Phi) is 2.75. The highest BCUT2D eigenvalue weighted by Crippen LogP contribution is 2.21. The Balaban J connectivity index is 0.000001000. The molecular weight excluding hydrogens is 270 g/mol. The molecule has 3 aliphatic rings. The van der Waals surface area contributed by atoms with Crippen molar-refractivity contribution in [2.75, 3.05) is 6.54 Å². The van der Waals surface area contributed by atoms with Crippen LogP contribution in [0.1, 0.15) is 23.3 Å². The van der Waals surface area contributed by atoms with Gasteiger partial charge in [-0.2, -0.15) is 4.99 Å². The van der Waals surface area contributed by atoms with E-state index in [2.05, 4.69) is 16.2 Å². The van der Waals surface area contributed by atoms with Crippen LogP contribution in [0.15, 0.2) is 9.98 Å². The van der Waals surface area contributed by atoms with E-state index >= 15 is 0 Å². The minimum atomic E-state index is -0.0935. The van der Waals surface area contributed by atoms with E-state index in [-0.39, 0.29) is 18.3 Å². The Morgan fingerprint density at radius 1 is 1.22 bits per heavy atom. The molecule has 0 fully saturated rings. The zero-order valence-corrected chi connectivity index (χ0v) is 11.3. The smallest absolute Gasteiger partial charge is 0.268 e. The Hall–Kier alpha value is -1.20. The maximum atomic E-state index is 11.3. The van der Waals surface area contributed by atoms with Crippen LogP contribution in [-0.4, -0.2) is 23.3 Å². The van der Waals surface area contributed by atoms with Gasteiger partial charge in [-0.25, -0.2) is 4.99 Å². The van der Waals surface area contributed by atoms with E-state index in [9.17, 15) is 4.79 Å². The van der Waals surface area contributed by atoms with Crippen molar-refractivity contribution in [1.29, 1.82) is 0 Å². The Labute approximate surface area is 114 Å². The lowest BCUT2D eigenvalue weighted by Gasteiger charge is -2.14. The van der Waals surface area contributed by atoms with E-state index < -0.39 is 0 Å². The molecule has 0 saturated heterocycles. The quantitative estimate of drug-likeness (QED) is 0.700. The zero-order chi connectivity index (χ0) is 11.4. The molecule has 94 valence electrons. The van der Waals surface area contributed by atoms with Gasteiger partial charge < -0.3 is 4.90 Å². The molecule has 1 aromatic rings. The molecule has 0 bridgehead atoms.